The average Bonchev–Trinajstić information content (AvgIpc) is 3.24. The van der Waals surface area contributed by atoms with E-state index in [0.29, 0.717) is 17.9 Å². The lowest BCUT2D eigenvalue weighted by Gasteiger charge is -2.28. The van der Waals surface area contributed by atoms with Crippen molar-refractivity contribution in [3.63, 3.8) is 0 Å². The summed E-state index contributed by atoms with van der Waals surface area (Å²) >= 11 is 0. The van der Waals surface area contributed by atoms with E-state index in [0.717, 1.165) is 30.5 Å². The molecule has 4 unspecified atom stereocenters. The Kier molecular flexibility index (Phi) is 6.05. The van der Waals surface area contributed by atoms with Crippen LogP contribution in [0.2, 0.25) is 0 Å². The highest BCUT2D eigenvalue weighted by molar-refractivity contribution is 7.89. The van der Waals surface area contributed by atoms with Gasteiger partial charge in [0.2, 0.25) is 15.9 Å². The number of alkyl halides is 3. The summed E-state index contributed by atoms with van der Waals surface area (Å²) in [6, 6.07) is 3.57. The van der Waals surface area contributed by atoms with E-state index in [1.807, 2.05) is 6.92 Å². The number of halogens is 3. The summed E-state index contributed by atoms with van der Waals surface area (Å²) in [5.74, 6) is 1.65. The van der Waals surface area contributed by atoms with Crippen LogP contribution in [0.15, 0.2) is 29.2 Å². The van der Waals surface area contributed by atoms with E-state index in [1.54, 1.807) is 0 Å². The highest BCUT2D eigenvalue weighted by Crippen LogP contribution is 2.49. The lowest BCUT2D eigenvalue weighted by Crippen LogP contribution is -2.41. The number of carbonyl (C=O) groups excluding carboxylic acids is 1. The molecule has 0 heterocycles. The number of nitrogens with one attached hydrogen (secondary N) is 2. The van der Waals surface area contributed by atoms with Gasteiger partial charge in [0.05, 0.1) is 10.5 Å². The molecule has 0 saturated heterocycles. The lowest BCUT2D eigenvalue weighted by molar-refractivity contribution is -0.137. The Morgan fingerprint density at radius 1 is 1.25 bits per heavy atom. The fourth-order valence-corrected chi connectivity index (χ4v) is 5.64. The predicted octanol–water partition coefficient (Wildman–Crippen LogP) is 3.31. The minimum absolute atomic E-state index is 0.0443. The minimum Gasteiger partial charge on any atom is -0.353 e. The van der Waals surface area contributed by atoms with Crippen molar-refractivity contribution >= 4 is 15.9 Å². The molecular formula is C19H25F3N2O3S. The summed E-state index contributed by atoms with van der Waals surface area (Å²) in [6.07, 6.45) is 0.173. The van der Waals surface area contributed by atoms with E-state index < -0.39 is 26.7 Å². The van der Waals surface area contributed by atoms with Crippen LogP contribution in [-0.4, -0.2) is 26.9 Å². The second-order valence-corrected chi connectivity index (χ2v) is 9.64. The second kappa shape index (κ2) is 8.02. The first-order valence-corrected chi connectivity index (χ1v) is 11.0. The third-order valence-corrected chi connectivity index (χ3v) is 7.40. The quantitative estimate of drug-likeness (QED) is 0.713. The molecule has 2 aliphatic rings. The molecule has 2 saturated carbocycles. The summed E-state index contributed by atoms with van der Waals surface area (Å²) in [4.78, 5) is 11.7. The van der Waals surface area contributed by atoms with Crippen LogP contribution in [0.4, 0.5) is 13.2 Å². The number of sulfonamides is 1. The Bertz CT molecular complexity index is 826. The number of hydrogen-bond donors (Lipinski definition) is 2. The molecule has 0 radical (unpaired) electrons. The molecule has 9 heteroatoms. The third-order valence-electron chi connectivity index (χ3n) is 5.94. The van der Waals surface area contributed by atoms with Crippen molar-refractivity contribution in [2.75, 3.05) is 6.54 Å². The summed E-state index contributed by atoms with van der Waals surface area (Å²) in [6.45, 7) is 1.81. The maximum atomic E-state index is 12.8. The molecule has 156 valence electrons. The van der Waals surface area contributed by atoms with E-state index >= 15 is 0 Å². The fourth-order valence-electron chi connectivity index (χ4n) is 4.56. The van der Waals surface area contributed by atoms with Crippen molar-refractivity contribution in [3.8, 4) is 0 Å². The zero-order chi connectivity index (χ0) is 20.5. The summed E-state index contributed by atoms with van der Waals surface area (Å²) < 4.78 is 64.9. The van der Waals surface area contributed by atoms with Crippen LogP contribution in [0.5, 0.6) is 0 Å². The van der Waals surface area contributed by atoms with Crippen LogP contribution in [0.25, 0.3) is 0 Å². The predicted molar refractivity (Wildman–Crippen MR) is 97.8 cm³/mol. The molecule has 5 nitrogen and oxygen atoms in total. The SMILES string of the molecule is CC(NC(=O)CCNS(=O)(=O)c1cccc(C(F)(F)F)c1)C1CC2CCC1C2. The fraction of sp³-hybridized carbons (Fsp3) is 0.632. The molecule has 4 atom stereocenters. The molecule has 2 fully saturated rings. The van der Waals surface area contributed by atoms with Crippen molar-refractivity contribution in [1.29, 1.82) is 0 Å². The molecule has 0 aliphatic heterocycles. The van der Waals surface area contributed by atoms with Gasteiger partial charge in [-0.05, 0) is 62.1 Å². The monoisotopic (exact) mass is 418 g/mol. The molecule has 28 heavy (non-hydrogen) atoms. The van der Waals surface area contributed by atoms with Gasteiger partial charge in [0, 0.05) is 19.0 Å². The zero-order valence-corrected chi connectivity index (χ0v) is 16.4. The van der Waals surface area contributed by atoms with Gasteiger partial charge in [0.15, 0.2) is 0 Å². The van der Waals surface area contributed by atoms with Gasteiger partial charge in [-0.15, -0.1) is 0 Å². The molecule has 1 aromatic carbocycles. The summed E-state index contributed by atoms with van der Waals surface area (Å²) in [5, 5.41) is 2.94. The van der Waals surface area contributed by atoms with Crippen molar-refractivity contribution < 1.29 is 26.4 Å². The Hall–Kier alpha value is -1.61. The number of benzene rings is 1. The van der Waals surface area contributed by atoms with E-state index in [1.165, 1.54) is 19.3 Å². The number of rotatable bonds is 7. The molecule has 2 N–H and O–H groups in total. The minimum atomic E-state index is -4.62. The first-order valence-electron chi connectivity index (χ1n) is 9.52. The number of fused-ring (bicyclic) bond motifs is 2. The lowest BCUT2D eigenvalue weighted by atomic mass is 9.84. The van der Waals surface area contributed by atoms with E-state index in [-0.39, 0.29) is 24.9 Å². The molecule has 3 rings (SSSR count). The smallest absolute Gasteiger partial charge is 0.353 e. The van der Waals surface area contributed by atoms with Gasteiger partial charge in [-0.25, -0.2) is 13.1 Å². The first kappa shape index (κ1) is 21.1. The summed E-state index contributed by atoms with van der Waals surface area (Å²) in [5.41, 5.74) is -1.03. The molecular weight excluding hydrogens is 393 g/mol. The average molecular weight is 418 g/mol. The highest BCUT2D eigenvalue weighted by Gasteiger charge is 2.42. The van der Waals surface area contributed by atoms with Crippen molar-refractivity contribution in [3.05, 3.63) is 29.8 Å². The molecule has 1 aromatic rings. The number of hydrogen-bond acceptors (Lipinski definition) is 3. The van der Waals surface area contributed by atoms with Gasteiger partial charge in [-0.2, -0.15) is 13.2 Å². The standard InChI is InChI=1S/C19H25F3N2O3S/c1-12(17-10-13-5-6-14(17)9-13)24-18(25)7-8-23-28(26,27)16-4-2-3-15(11-16)19(20,21)22/h2-4,11-14,17,23H,5-10H2,1H3,(H,24,25). The van der Waals surface area contributed by atoms with E-state index in [4.69, 9.17) is 0 Å². The number of carbonyl (C=O) groups is 1. The van der Waals surface area contributed by atoms with Crippen molar-refractivity contribution in [2.45, 2.75) is 56.1 Å². The Morgan fingerprint density at radius 2 is 2.00 bits per heavy atom. The second-order valence-electron chi connectivity index (χ2n) is 7.87. The van der Waals surface area contributed by atoms with Crippen LogP contribution >= 0.6 is 0 Å². The Labute approximate surface area is 163 Å². The largest absolute Gasteiger partial charge is 0.416 e. The van der Waals surface area contributed by atoms with Crippen LogP contribution in [0.1, 0.15) is 44.6 Å². The Morgan fingerprint density at radius 3 is 2.61 bits per heavy atom. The Balaban J connectivity index is 1.49. The van der Waals surface area contributed by atoms with Crippen molar-refractivity contribution in [1.82, 2.24) is 10.0 Å². The molecule has 0 aromatic heterocycles. The normalized spacial score (nSPS) is 25.6. The van der Waals surface area contributed by atoms with Crippen LogP contribution in [0, 0.1) is 17.8 Å². The van der Waals surface area contributed by atoms with Gasteiger partial charge >= 0.3 is 6.18 Å². The maximum Gasteiger partial charge on any atom is 0.416 e. The van der Waals surface area contributed by atoms with Crippen LogP contribution in [-0.2, 0) is 21.0 Å². The van der Waals surface area contributed by atoms with E-state index in [2.05, 4.69) is 10.0 Å². The van der Waals surface area contributed by atoms with Gasteiger partial charge in [0.1, 0.15) is 0 Å². The van der Waals surface area contributed by atoms with Gasteiger partial charge < -0.3 is 5.32 Å². The van der Waals surface area contributed by atoms with Gasteiger partial charge in [-0.1, -0.05) is 12.5 Å². The topological polar surface area (TPSA) is 75.3 Å². The first-order chi connectivity index (χ1) is 13.1. The highest BCUT2D eigenvalue weighted by atomic mass is 32.2. The summed E-state index contributed by atoms with van der Waals surface area (Å²) in [7, 11) is -4.12. The van der Waals surface area contributed by atoms with Gasteiger partial charge in [0.25, 0.3) is 0 Å². The molecule has 2 bridgehead atoms. The van der Waals surface area contributed by atoms with Crippen LogP contribution in [0.3, 0.4) is 0 Å². The number of amides is 1. The maximum absolute atomic E-state index is 12.8. The zero-order valence-electron chi connectivity index (χ0n) is 15.6. The molecule has 0 spiro atoms. The molecule has 1 amide bonds. The van der Waals surface area contributed by atoms with E-state index in [9.17, 15) is 26.4 Å². The van der Waals surface area contributed by atoms with Gasteiger partial charge in [-0.3, -0.25) is 4.79 Å². The van der Waals surface area contributed by atoms with Crippen molar-refractivity contribution in [2.24, 2.45) is 17.8 Å². The van der Waals surface area contributed by atoms with Crippen LogP contribution < -0.4 is 10.0 Å². The molecule has 2 aliphatic carbocycles. The third kappa shape index (κ3) is 4.86.